The average Bonchev–Trinajstić information content (AvgIpc) is 2.70. The minimum absolute atomic E-state index is 0.164. The van der Waals surface area contributed by atoms with Crippen LogP contribution in [0, 0.1) is 12.8 Å². The van der Waals surface area contributed by atoms with E-state index in [1.165, 1.54) is 0 Å². The molecule has 0 spiro atoms. The van der Waals surface area contributed by atoms with Gasteiger partial charge in [0.05, 0.1) is 12.8 Å². The molecule has 17 heavy (non-hydrogen) atoms. The number of benzene rings is 1. The molecule has 92 valence electrons. The van der Waals surface area contributed by atoms with Gasteiger partial charge in [-0.05, 0) is 30.2 Å². The molecule has 1 aliphatic heterocycles. The minimum atomic E-state index is 0.164. The number of nitrogens with zero attached hydrogens (tertiary/aromatic N) is 1. The van der Waals surface area contributed by atoms with Crippen LogP contribution in [0.2, 0.25) is 0 Å². The summed E-state index contributed by atoms with van der Waals surface area (Å²) in [5.74, 6) is 2.01. The Kier molecular flexibility index (Phi) is 3.62. The molecule has 1 heterocycles. The summed E-state index contributed by atoms with van der Waals surface area (Å²) < 4.78 is 5.34. The van der Waals surface area contributed by atoms with Gasteiger partial charge < -0.3 is 9.64 Å². The Balaban J connectivity index is 2.37. The number of rotatable bonds is 3. The molecule has 0 saturated carbocycles. The van der Waals surface area contributed by atoms with Crippen molar-refractivity contribution in [2.45, 2.75) is 13.3 Å². The molecular formula is C13H17NO2S. The minimum Gasteiger partial charge on any atom is -0.495 e. The summed E-state index contributed by atoms with van der Waals surface area (Å²) in [6.07, 6.45) is 0.584. The van der Waals surface area contributed by atoms with Crippen molar-refractivity contribution in [3.05, 3.63) is 23.8 Å². The molecule has 1 atom stereocenters. The quantitative estimate of drug-likeness (QED) is 0.835. The van der Waals surface area contributed by atoms with E-state index in [9.17, 15) is 4.79 Å². The van der Waals surface area contributed by atoms with Crippen molar-refractivity contribution >= 4 is 24.2 Å². The monoisotopic (exact) mass is 251 g/mol. The Morgan fingerprint density at radius 2 is 2.29 bits per heavy atom. The number of carbonyl (C=O) groups is 1. The van der Waals surface area contributed by atoms with E-state index in [0.29, 0.717) is 12.3 Å². The van der Waals surface area contributed by atoms with Crippen LogP contribution in [0.3, 0.4) is 0 Å². The number of hydrogen-bond donors (Lipinski definition) is 1. The van der Waals surface area contributed by atoms with E-state index in [0.717, 1.165) is 29.3 Å². The first-order chi connectivity index (χ1) is 8.17. The molecule has 1 unspecified atom stereocenters. The molecule has 1 fully saturated rings. The van der Waals surface area contributed by atoms with Gasteiger partial charge in [-0.25, -0.2) is 0 Å². The summed E-state index contributed by atoms with van der Waals surface area (Å²) in [6, 6.07) is 5.83. The molecule has 1 amide bonds. The van der Waals surface area contributed by atoms with Crippen LogP contribution in [-0.4, -0.2) is 25.3 Å². The Labute approximate surface area is 107 Å². The molecule has 0 bridgehead atoms. The van der Waals surface area contributed by atoms with Crippen LogP contribution in [0.15, 0.2) is 18.2 Å². The van der Waals surface area contributed by atoms with E-state index < -0.39 is 0 Å². The maximum atomic E-state index is 12.0. The fourth-order valence-electron chi connectivity index (χ4n) is 2.26. The number of carbonyl (C=O) groups excluding carboxylic acids is 1. The van der Waals surface area contributed by atoms with E-state index in [-0.39, 0.29) is 5.91 Å². The maximum Gasteiger partial charge on any atom is 0.227 e. The number of hydrogen-bond acceptors (Lipinski definition) is 3. The van der Waals surface area contributed by atoms with Crippen LogP contribution < -0.4 is 9.64 Å². The first-order valence-corrected chi connectivity index (χ1v) is 6.35. The van der Waals surface area contributed by atoms with Crippen LogP contribution in [-0.2, 0) is 4.79 Å². The molecule has 1 aromatic carbocycles. The van der Waals surface area contributed by atoms with Gasteiger partial charge >= 0.3 is 0 Å². The summed E-state index contributed by atoms with van der Waals surface area (Å²) >= 11 is 4.27. The van der Waals surface area contributed by atoms with Gasteiger partial charge in [-0.15, -0.1) is 0 Å². The number of anilines is 1. The van der Waals surface area contributed by atoms with Crippen molar-refractivity contribution < 1.29 is 9.53 Å². The summed E-state index contributed by atoms with van der Waals surface area (Å²) in [5.41, 5.74) is 1.97. The van der Waals surface area contributed by atoms with Crippen molar-refractivity contribution in [2.24, 2.45) is 5.92 Å². The van der Waals surface area contributed by atoms with Crippen LogP contribution >= 0.6 is 12.6 Å². The van der Waals surface area contributed by atoms with Crippen LogP contribution in [0.1, 0.15) is 12.0 Å². The molecule has 1 aliphatic rings. The standard InChI is InChI=1S/C13H17NO2S/c1-9-4-3-5-11(16-2)13(9)14-7-10(8-17)6-12(14)15/h3-5,10,17H,6-8H2,1-2H3. The summed E-state index contributed by atoms with van der Waals surface area (Å²) in [4.78, 5) is 13.8. The van der Waals surface area contributed by atoms with Gasteiger partial charge in [0.25, 0.3) is 0 Å². The highest BCUT2D eigenvalue weighted by atomic mass is 32.1. The highest BCUT2D eigenvalue weighted by Gasteiger charge is 2.32. The normalized spacial score (nSPS) is 19.8. The predicted octanol–water partition coefficient (Wildman–Crippen LogP) is 2.29. The van der Waals surface area contributed by atoms with E-state index in [4.69, 9.17) is 4.74 Å². The second-order valence-corrected chi connectivity index (χ2v) is 4.75. The van der Waals surface area contributed by atoms with Gasteiger partial charge in [-0.1, -0.05) is 12.1 Å². The zero-order valence-corrected chi connectivity index (χ0v) is 11.0. The molecule has 0 N–H and O–H groups in total. The lowest BCUT2D eigenvalue weighted by molar-refractivity contribution is -0.117. The molecule has 2 rings (SSSR count). The maximum absolute atomic E-state index is 12.0. The van der Waals surface area contributed by atoms with Crippen molar-refractivity contribution in [2.75, 3.05) is 24.3 Å². The van der Waals surface area contributed by atoms with Crippen LogP contribution in [0.5, 0.6) is 5.75 Å². The average molecular weight is 251 g/mol. The van der Waals surface area contributed by atoms with Gasteiger partial charge in [0.2, 0.25) is 5.91 Å². The second-order valence-electron chi connectivity index (χ2n) is 4.38. The Morgan fingerprint density at radius 3 is 2.88 bits per heavy atom. The van der Waals surface area contributed by atoms with Crippen molar-refractivity contribution in [1.82, 2.24) is 0 Å². The first kappa shape index (κ1) is 12.3. The molecule has 1 aromatic rings. The lowest BCUT2D eigenvalue weighted by Crippen LogP contribution is -2.26. The summed E-state index contributed by atoms with van der Waals surface area (Å²) in [6.45, 7) is 2.74. The van der Waals surface area contributed by atoms with Gasteiger partial charge in [0.15, 0.2) is 0 Å². The number of ether oxygens (including phenoxy) is 1. The van der Waals surface area contributed by atoms with Crippen LogP contribution in [0.4, 0.5) is 5.69 Å². The lowest BCUT2D eigenvalue weighted by atomic mass is 10.1. The summed E-state index contributed by atoms with van der Waals surface area (Å²) in [5, 5.41) is 0. The first-order valence-electron chi connectivity index (χ1n) is 5.72. The van der Waals surface area contributed by atoms with Gasteiger partial charge in [0.1, 0.15) is 5.75 Å². The van der Waals surface area contributed by atoms with Crippen molar-refractivity contribution in [3.8, 4) is 5.75 Å². The zero-order valence-electron chi connectivity index (χ0n) is 10.1. The van der Waals surface area contributed by atoms with E-state index in [1.807, 2.05) is 30.0 Å². The largest absolute Gasteiger partial charge is 0.495 e. The molecular weight excluding hydrogens is 234 g/mol. The summed E-state index contributed by atoms with van der Waals surface area (Å²) in [7, 11) is 1.63. The Morgan fingerprint density at radius 1 is 1.53 bits per heavy atom. The molecule has 0 aromatic heterocycles. The molecule has 1 saturated heterocycles. The fraction of sp³-hybridized carbons (Fsp3) is 0.462. The van der Waals surface area contributed by atoms with Crippen LogP contribution in [0.25, 0.3) is 0 Å². The highest BCUT2D eigenvalue weighted by molar-refractivity contribution is 7.80. The number of thiol groups is 1. The third-order valence-electron chi connectivity index (χ3n) is 3.15. The topological polar surface area (TPSA) is 29.5 Å². The highest BCUT2D eigenvalue weighted by Crippen LogP contribution is 2.35. The number of aryl methyl sites for hydroxylation is 1. The third kappa shape index (κ3) is 2.27. The Bertz CT molecular complexity index is 433. The number of methoxy groups -OCH3 is 1. The van der Waals surface area contributed by atoms with E-state index in [1.54, 1.807) is 7.11 Å². The van der Waals surface area contributed by atoms with E-state index >= 15 is 0 Å². The molecule has 0 radical (unpaired) electrons. The lowest BCUT2D eigenvalue weighted by Gasteiger charge is -2.21. The van der Waals surface area contributed by atoms with Crippen molar-refractivity contribution in [3.63, 3.8) is 0 Å². The zero-order chi connectivity index (χ0) is 12.4. The smallest absolute Gasteiger partial charge is 0.227 e. The number of para-hydroxylation sites is 1. The number of amides is 1. The Hall–Kier alpha value is -1.16. The van der Waals surface area contributed by atoms with Crippen molar-refractivity contribution in [1.29, 1.82) is 0 Å². The predicted molar refractivity (Wildman–Crippen MR) is 72.0 cm³/mol. The second kappa shape index (κ2) is 5.00. The van der Waals surface area contributed by atoms with Gasteiger partial charge in [-0.2, -0.15) is 12.6 Å². The molecule has 4 heteroatoms. The van der Waals surface area contributed by atoms with Gasteiger partial charge in [0, 0.05) is 13.0 Å². The molecule has 3 nitrogen and oxygen atoms in total. The fourth-order valence-corrected chi connectivity index (χ4v) is 2.51. The third-order valence-corrected chi connectivity index (χ3v) is 3.67. The SMILES string of the molecule is COc1cccc(C)c1N1CC(CS)CC1=O. The van der Waals surface area contributed by atoms with Gasteiger partial charge in [-0.3, -0.25) is 4.79 Å². The molecule has 0 aliphatic carbocycles. The van der Waals surface area contributed by atoms with E-state index in [2.05, 4.69) is 12.6 Å².